The number of amides is 1. The Kier molecular flexibility index (Phi) is 5.17. The number of phenols is 1. The molecule has 5 nitrogen and oxygen atoms in total. The van der Waals surface area contributed by atoms with Crippen LogP contribution in [0, 0.1) is 0 Å². The third-order valence-corrected chi connectivity index (χ3v) is 2.94. The zero-order chi connectivity index (χ0) is 15.1. The van der Waals surface area contributed by atoms with Crippen molar-refractivity contribution in [1.82, 2.24) is 5.32 Å². The summed E-state index contributed by atoms with van der Waals surface area (Å²) in [6, 6.07) is 14.6. The van der Waals surface area contributed by atoms with Gasteiger partial charge in [-0.2, -0.15) is 0 Å². The number of hydrogen-bond donors (Lipinski definition) is 3. The van der Waals surface area contributed by atoms with Crippen LogP contribution in [0.1, 0.15) is 11.1 Å². The lowest BCUT2D eigenvalue weighted by molar-refractivity contribution is -0.119. The number of aromatic hydroxyl groups is 1. The summed E-state index contributed by atoms with van der Waals surface area (Å²) < 4.78 is 5.18. The van der Waals surface area contributed by atoms with Crippen molar-refractivity contribution < 1.29 is 14.6 Å². The van der Waals surface area contributed by atoms with E-state index in [1.165, 1.54) is 0 Å². The lowest BCUT2D eigenvalue weighted by Crippen LogP contribution is -2.20. The first-order valence-corrected chi connectivity index (χ1v) is 6.63. The molecule has 2 rings (SSSR count). The van der Waals surface area contributed by atoms with E-state index >= 15 is 0 Å². The lowest BCUT2D eigenvalue weighted by atomic mass is 10.2. The zero-order valence-corrected chi connectivity index (χ0v) is 11.6. The second-order valence-electron chi connectivity index (χ2n) is 4.63. The van der Waals surface area contributed by atoms with Gasteiger partial charge in [-0.05, 0) is 23.8 Å². The number of hydrogen-bond acceptors (Lipinski definition) is 4. The average molecular weight is 286 g/mol. The maximum absolute atomic E-state index is 10.6. The minimum absolute atomic E-state index is 0.120. The predicted molar refractivity (Wildman–Crippen MR) is 79.8 cm³/mol. The first kappa shape index (κ1) is 14.9. The Hall–Kier alpha value is -2.53. The summed E-state index contributed by atoms with van der Waals surface area (Å²) in [5.74, 6) is 0.405. The fraction of sp³-hybridized carbons (Fsp3) is 0.188. The van der Waals surface area contributed by atoms with Crippen LogP contribution in [0.5, 0.6) is 11.5 Å². The molecule has 0 aliphatic rings. The molecule has 0 aromatic heterocycles. The minimum Gasteiger partial charge on any atom is -0.508 e. The number of carbonyl (C=O) groups excluding carboxylic acids is 1. The minimum atomic E-state index is -0.497. The molecule has 0 radical (unpaired) electrons. The van der Waals surface area contributed by atoms with Crippen LogP contribution in [0.15, 0.2) is 48.5 Å². The van der Waals surface area contributed by atoms with Crippen molar-refractivity contribution >= 4 is 5.91 Å². The van der Waals surface area contributed by atoms with E-state index in [0.29, 0.717) is 24.6 Å². The molecule has 0 aliphatic carbocycles. The van der Waals surface area contributed by atoms with E-state index < -0.39 is 5.91 Å². The SMILES string of the molecule is NC(=O)COc1ccc(CNCc2ccccc2O)cc1. The first-order valence-electron chi connectivity index (χ1n) is 6.63. The van der Waals surface area contributed by atoms with Gasteiger partial charge in [-0.1, -0.05) is 30.3 Å². The number of rotatable bonds is 7. The molecular weight excluding hydrogens is 268 g/mol. The second kappa shape index (κ2) is 7.31. The van der Waals surface area contributed by atoms with Crippen molar-refractivity contribution in [3.05, 3.63) is 59.7 Å². The Balaban J connectivity index is 1.81. The zero-order valence-electron chi connectivity index (χ0n) is 11.6. The maximum atomic E-state index is 10.6. The third-order valence-electron chi connectivity index (χ3n) is 2.94. The van der Waals surface area contributed by atoms with E-state index in [2.05, 4.69) is 5.32 Å². The van der Waals surface area contributed by atoms with Crippen molar-refractivity contribution in [1.29, 1.82) is 0 Å². The van der Waals surface area contributed by atoms with Crippen molar-refractivity contribution in [2.75, 3.05) is 6.61 Å². The van der Waals surface area contributed by atoms with Crippen LogP contribution in [0.25, 0.3) is 0 Å². The summed E-state index contributed by atoms with van der Waals surface area (Å²) in [7, 11) is 0. The first-order chi connectivity index (χ1) is 10.1. The van der Waals surface area contributed by atoms with Crippen molar-refractivity contribution in [2.24, 2.45) is 5.73 Å². The van der Waals surface area contributed by atoms with Crippen LogP contribution < -0.4 is 15.8 Å². The summed E-state index contributed by atoms with van der Waals surface area (Å²) in [6.07, 6.45) is 0. The van der Waals surface area contributed by atoms with E-state index in [9.17, 15) is 9.90 Å². The fourth-order valence-corrected chi connectivity index (χ4v) is 1.86. The van der Waals surface area contributed by atoms with Gasteiger partial charge >= 0.3 is 0 Å². The average Bonchev–Trinajstić information content (AvgIpc) is 2.48. The quantitative estimate of drug-likeness (QED) is 0.721. The Morgan fingerprint density at radius 3 is 2.48 bits per heavy atom. The third kappa shape index (κ3) is 4.81. The number of carbonyl (C=O) groups is 1. The highest BCUT2D eigenvalue weighted by Crippen LogP contribution is 2.15. The summed E-state index contributed by atoms with van der Waals surface area (Å²) in [4.78, 5) is 10.6. The van der Waals surface area contributed by atoms with E-state index in [0.717, 1.165) is 11.1 Å². The van der Waals surface area contributed by atoms with Crippen LogP contribution in [0.2, 0.25) is 0 Å². The molecule has 0 fully saturated rings. The Morgan fingerprint density at radius 2 is 1.81 bits per heavy atom. The molecule has 4 N–H and O–H groups in total. The molecule has 0 saturated carbocycles. The molecule has 0 unspecified atom stereocenters. The number of nitrogens with two attached hydrogens (primary N) is 1. The van der Waals surface area contributed by atoms with Gasteiger partial charge in [-0.3, -0.25) is 4.79 Å². The highest BCUT2D eigenvalue weighted by molar-refractivity contribution is 5.75. The van der Waals surface area contributed by atoms with Crippen molar-refractivity contribution in [3.8, 4) is 11.5 Å². The van der Waals surface area contributed by atoms with Gasteiger partial charge in [0, 0.05) is 18.7 Å². The molecule has 0 spiro atoms. The standard InChI is InChI=1S/C16H18N2O3/c17-16(20)11-21-14-7-5-12(6-8-14)9-18-10-13-3-1-2-4-15(13)19/h1-8,18-19H,9-11H2,(H2,17,20). The van der Waals surface area contributed by atoms with Gasteiger partial charge in [-0.25, -0.2) is 0 Å². The topological polar surface area (TPSA) is 84.6 Å². The van der Waals surface area contributed by atoms with Crippen LogP contribution >= 0.6 is 0 Å². The fourth-order valence-electron chi connectivity index (χ4n) is 1.86. The Morgan fingerprint density at radius 1 is 1.10 bits per heavy atom. The second-order valence-corrected chi connectivity index (χ2v) is 4.63. The number of primary amides is 1. The highest BCUT2D eigenvalue weighted by atomic mass is 16.5. The summed E-state index contributed by atoms with van der Waals surface area (Å²) in [5, 5.41) is 12.9. The molecule has 0 saturated heterocycles. The molecule has 5 heteroatoms. The monoisotopic (exact) mass is 286 g/mol. The summed E-state index contributed by atoms with van der Waals surface area (Å²) in [6.45, 7) is 1.14. The molecule has 2 aromatic rings. The van der Waals surface area contributed by atoms with E-state index in [-0.39, 0.29) is 6.61 Å². The van der Waals surface area contributed by atoms with Gasteiger partial charge in [-0.15, -0.1) is 0 Å². The number of nitrogens with one attached hydrogen (secondary N) is 1. The largest absolute Gasteiger partial charge is 0.508 e. The van der Waals surface area contributed by atoms with Crippen LogP contribution in [0.4, 0.5) is 0 Å². The van der Waals surface area contributed by atoms with Gasteiger partial charge in [0.25, 0.3) is 5.91 Å². The number of ether oxygens (including phenoxy) is 1. The van der Waals surface area contributed by atoms with Crippen molar-refractivity contribution in [2.45, 2.75) is 13.1 Å². The predicted octanol–water partition coefficient (Wildman–Crippen LogP) is 1.55. The molecule has 2 aromatic carbocycles. The molecule has 0 bridgehead atoms. The highest BCUT2D eigenvalue weighted by Gasteiger charge is 2.00. The number of phenolic OH excluding ortho intramolecular Hbond substituents is 1. The molecular formula is C16H18N2O3. The van der Waals surface area contributed by atoms with Crippen LogP contribution in [-0.4, -0.2) is 17.6 Å². The number of para-hydroxylation sites is 1. The Labute approximate surface area is 123 Å². The number of benzene rings is 2. The van der Waals surface area contributed by atoms with Crippen LogP contribution in [0.3, 0.4) is 0 Å². The van der Waals surface area contributed by atoms with Gasteiger partial charge in [0.15, 0.2) is 6.61 Å². The molecule has 1 amide bonds. The van der Waals surface area contributed by atoms with Crippen molar-refractivity contribution in [3.63, 3.8) is 0 Å². The Bertz CT molecular complexity index is 597. The molecule has 0 aliphatic heterocycles. The molecule has 0 atom stereocenters. The van der Waals surface area contributed by atoms with E-state index in [1.807, 2.05) is 24.3 Å². The van der Waals surface area contributed by atoms with Gasteiger partial charge in [0.05, 0.1) is 0 Å². The maximum Gasteiger partial charge on any atom is 0.255 e. The van der Waals surface area contributed by atoms with E-state index in [4.69, 9.17) is 10.5 Å². The summed E-state index contributed by atoms with van der Waals surface area (Å²) >= 11 is 0. The smallest absolute Gasteiger partial charge is 0.255 e. The molecule has 21 heavy (non-hydrogen) atoms. The van der Waals surface area contributed by atoms with Gasteiger partial charge in [0.2, 0.25) is 0 Å². The molecule has 0 heterocycles. The summed E-state index contributed by atoms with van der Waals surface area (Å²) in [5.41, 5.74) is 6.95. The van der Waals surface area contributed by atoms with Crippen LogP contribution in [-0.2, 0) is 17.9 Å². The lowest BCUT2D eigenvalue weighted by Gasteiger charge is -2.08. The van der Waals surface area contributed by atoms with E-state index in [1.54, 1.807) is 24.3 Å². The molecule has 110 valence electrons. The normalized spacial score (nSPS) is 10.3. The van der Waals surface area contributed by atoms with Gasteiger partial charge in [0.1, 0.15) is 11.5 Å². The van der Waals surface area contributed by atoms with Gasteiger partial charge < -0.3 is 20.9 Å².